The molecular formula is C11H16N2OS2. The Morgan fingerprint density at radius 3 is 2.69 bits per heavy atom. The fourth-order valence-electron chi connectivity index (χ4n) is 2.81. The Labute approximate surface area is 103 Å². The van der Waals surface area contributed by atoms with E-state index >= 15 is 0 Å². The summed E-state index contributed by atoms with van der Waals surface area (Å²) >= 11 is 1.68. The molecule has 5 heteroatoms. The van der Waals surface area contributed by atoms with Crippen molar-refractivity contribution >= 4 is 22.3 Å². The van der Waals surface area contributed by atoms with Crippen molar-refractivity contribution in [1.82, 2.24) is 9.21 Å². The van der Waals surface area contributed by atoms with Crippen LogP contribution in [-0.2, 0) is 16.5 Å². The van der Waals surface area contributed by atoms with E-state index in [1.807, 2.05) is 7.05 Å². The number of fused-ring (bicyclic) bond motifs is 2. The quantitative estimate of drug-likeness (QED) is 0.704. The molecule has 3 rings (SSSR count). The van der Waals surface area contributed by atoms with Gasteiger partial charge in [0.1, 0.15) is 11.0 Å². The molecule has 0 aliphatic carbocycles. The molecule has 3 heterocycles. The molecule has 1 aromatic heterocycles. The molecule has 0 amide bonds. The van der Waals surface area contributed by atoms with E-state index in [0.717, 1.165) is 30.8 Å². The monoisotopic (exact) mass is 256 g/mol. The number of rotatable bonds is 0. The molecule has 1 unspecified atom stereocenters. The summed E-state index contributed by atoms with van der Waals surface area (Å²) < 4.78 is 14.3. The number of piperidine rings is 1. The Bertz CT molecular complexity index is 435. The summed E-state index contributed by atoms with van der Waals surface area (Å²) in [5.74, 6) is 0. The predicted molar refractivity (Wildman–Crippen MR) is 66.9 cm³/mol. The lowest BCUT2D eigenvalue weighted by atomic mass is 9.82. The highest BCUT2D eigenvalue weighted by Gasteiger charge is 2.49. The SMILES string of the molecule is CN1CCC2(CC1)c1cscc1S(=O)N2C. The molecule has 0 saturated carbocycles. The maximum absolute atomic E-state index is 12.2. The average molecular weight is 256 g/mol. The minimum absolute atomic E-state index is 0.0483. The molecule has 0 aromatic carbocycles. The zero-order chi connectivity index (χ0) is 11.3. The lowest BCUT2D eigenvalue weighted by Gasteiger charge is -2.41. The molecule has 0 bridgehead atoms. The normalized spacial score (nSPS) is 29.8. The standard InChI is InChI=1S/C11H16N2OS2/c1-12-5-3-11(4-6-12)9-7-15-8-10(9)16(14)13(11)2/h7-8H,3-6H2,1-2H3. The predicted octanol–water partition coefficient (Wildman–Crippen LogP) is 1.64. The van der Waals surface area contributed by atoms with Crippen molar-refractivity contribution in [3.63, 3.8) is 0 Å². The van der Waals surface area contributed by atoms with Gasteiger partial charge in [-0.25, -0.2) is 8.51 Å². The van der Waals surface area contributed by atoms with Gasteiger partial charge in [-0.1, -0.05) is 0 Å². The van der Waals surface area contributed by atoms with E-state index in [0.29, 0.717) is 0 Å². The minimum Gasteiger partial charge on any atom is -0.306 e. The Balaban J connectivity index is 2.05. The molecule has 16 heavy (non-hydrogen) atoms. The molecule has 88 valence electrons. The largest absolute Gasteiger partial charge is 0.306 e. The van der Waals surface area contributed by atoms with Crippen molar-refractivity contribution in [2.75, 3.05) is 27.2 Å². The van der Waals surface area contributed by atoms with Crippen molar-refractivity contribution in [2.24, 2.45) is 0 Å². The van der Waals surface area contributed by atoms with Crippen LogP contribution in [0.25, 0.3) is 0 Å². The summed E-state index contributed by atoms with van der Waals surface area (Å²) in [5.41, 5.74) is 1.37. The van der Waals surface area contributed by atoms with Crippen LogP contribution in [0, 0.1) is 0 Å². The van der Waals surface area contributed by atoms with E-state index in [4.69, 9.17) is 0 Å². The third-order valence-corrected chi connectivity index (χ3v) is 6.44. The van der Waals surface area contributed by atoms with Crippen molar-refractivity contribution in [3.05, 3.63) is 16.3 Å². The van der Waals surface area contributed by atoms with Crippen LogP contribution in [0.15, 0.2) is 15.7 Å². The van der Waals surface area contributed by atoms with Gasteiger partial charge in [0, 0.05) is 18.0 Å². The van der Waals surface area contributed by atoms with Gasteiger partial charge in [0.2, 0.25) is 0 Å². The molecule has 2 aliphatic heterocycles. The molecule has 2 aliphatic rings. The first-order valence-corrected chi connectivity index (χ1v) is 7.61. The van der Waals surface area contributed by atoms with E-state index in [-0.39, 0.29) is 5.54 Å². The number of nitrogens with zero attached hydrogens (tertiary/aromatic N) is 2. The zero-order valence-corrected chi connectivity index (χ0v) is 11.2. The summed E-state index contributed by atoms with van der Waals surface area (Å²) in [7, 11) is 3.23. The first kappa shape index (κ1) is 10.9. The molecule has 1 atom stereocenters. The average Bonchev–Trinajstić information content (AvgIpc) is 2.83. The Morgan fingerprint density at radius 2 is 2.00 bits per heavy atom. The van der Waals surface area contributed by atoms with E-state index in [2.05, 4.69) is 27.0 Å². The second kappa shape index (κ2) is 3.63. The maximum atomic E-state index is 12.2. The molecule has 1 saturated heterocycles. The van der Waals surface area contributed by atoms with E-state index in [1.54, 1.807) is 11.3 Å². The van der Waals surface area contributed by atoms with Crippen LogP contribution in [0.4, 0.5) is 0 Å². The van der Waals surface area contributed by atoms with Crippen LogP contribution in [-0.4, -0.2) is 40.6 Å². The topological polar surface area (TPSA) is 23.6 Å². The molecule has 1 fully saturated rings. The van der Waals surface area contributed by atoms with Gasteiger partial charge in [0.25, 0.3) is 0 Å². The Kier molecular flexibility index (Phi) is 2.47. The summed E-state index contributed by atoms with van der Waals surface area (Å²) in [5, 5.41) is 4.25. The molecule has 1 spiro atoms. The fraction of sp³-hybridized carbons (Fsp3) is 0.636. The van der Waals surface area contributed by atoms with Gasteiger partial charge in [-0.3, -0.25) is 0 Å². The molecule has 0 radical (unpaired) electrons. The first-order valence-electron chi connectivity index (χ1n) is 5.56. The van der Waals surface area contributed by atoms with E-state index in [9.17, 15) is 4.21 Å². The van der Waals surface area contributed by atoms with Crippen molar-refractivity contribution in [3.8, 4) is 0 Å². The summed E-state index contributed by atoms with van der Waals surface area (Å²) in [6.07, 6.45) is 2.19. The third kappa shape index (κ3) is 1.29. The second-order valence-electron chi connectivity index (χ2n) is 4.73. The van der Waals surface area contributed by atoms with Crippen LogP contribution >= 0.6 is 11.3 Å². The summed E-state index contributed by atoms with van der Waals surface area (Å²) in [4.78, 5) is 3.41. The molecule has 0 N–H and O–H groups in total. The van der Waals surface area contributed by atoms with Crippen LogP contribution in [0.5, 0.6) is 0 Å². The first-order chi connectivity index (χ1) is 7.65. The summed E-state index contributed by atoms with van der Waals surface area (Å²) in [6.45, 7) is 2.19. The highest BCUT2D eigenvalue weighted by molar-refractivity contribution is 7.83. The van der Waals surface area contributed by atoms with Crippen LogP contribution < -0.4 is 0 Å². The van der Waals surface area contributed by atoms with Crippen molar-refractivity contribution < 1.29 is 4.21 Å². The highest BCUT2D eigenvalue weighted by Crippen LogP contribution is 2.48. The zero-order valence-electron chi connectivity index (χ0n) is 9.60. The van der Waals surface area contributed by atoms with Gasteiger partial charge in [-0.2, -0.15) is 11.3 Å². The number of thiophene rings is 1. The van der Waals surface area contributed by atoms with Gasteiger partial charge < -0.3 is 4.90 Å². The third-order valence-electron chi connectivity index (χ3n) is 3.98. The van der Waals surface area contributed by atoms with Crippen LogP contribution in [0.3, 0.4) is 0 Å². The van der Waals surface area contributed by atoms with E-state index in [1.165, 1.54) is 5.56 Å². The van der Waals surface area contributed by atoms with Gasteiger partial charge in [0.05, 0.1) is 10.4 Å². The number of likely N-dealkylation sites (tertiary alicyclic amines) is 1. The van der Waals surface area contributed by atoms with E-state index < -0.39 is 11.0 Å². The second-order valence-corrected chi connectivity index (χ2v) is 6.96. The van der Waals surface area contributed by atoms with Gasteiger partial charge in [-0.05, 0) is 38.4 Å². The Morgan fingerprint density at radius 1 is 1.31 bits per heavy atom. The van der Waals surface area contributed by atoms with Gasteiger partial charge in [0.15, 0.2) is 0 Å². The lowest BCUT2D eigenvalue weighted by molar-refractivity contribution is 0.112. The molecule has 3 nitrogen and oxygen atoms in total. The Hall–Kier alpha value is -0.230. The van der Waals surface area contributed by atoms with Gasteiger partial charge in [-0.15, -0.1) is 0 Å². The fourth-order valence-corrected chi connectivity index (χ4v) is 5.51. The molecule has 1 aromatic rings. The number of hydrogen-bond donors (Lipinski definition) is 0. The van der Waals surface area contributed by atoms with Crippen molar-refractivity contribution in [1.29, 1.82) is 0 Å². The molecular weight excluding hydrogens is 240 g/mol. The van der Waals surface area contributed by atoms with Gasteiger partial charge >= 0.3 is 0 Å². The summed E-state index contributed by atoms with van der Waals surface area (Å²) in [6, 6.07) is 0. The smallest absolute Gasteiger partial charge is 0.129 e. The maximum Gasteiger partial charge on any atom is 0.129 e. The highest BCUT2D eigenvalue weighted by atomic mass is 32.2. The minimum atomic E-state index is -0.934. The van der Waals surface area contributed by atoms with Crippen molar-refractivity contribution in [2.45, 2.75) is 23.3 Å². The lowest BCUT2D eigenvalue weighted by Crippen LogP contribution is -2.47. The number of hydrogen-bond acceptors (Lipinski definition) is 3. The van der Waals surface area contributed by atoms with Crippen LogP contribution in [0.2, 0.25) is 0 Å². The van der Waals surface area contributed by atoms with Crippen LogP contribution in [0.1, 0.15) is 18.4 Å².